The summed E-state index contributed by atoms with van der Waals surface area (Å²) in [6.07, 6.45) is 2.14. The van der Waals surface area contributed by atoms with Crippen LogP contribution in [0.15, 0.2) is 24.3 Å². The van der Waals surface area contributed by atoms with Crippen LogP contribution in [-0.2, 0) is 4.79 Å². The van der Waals surface area contributed by atoms with Gasteiger partial charge in [-0.25, -0.2) is 0 Å². The van der Waals surface area contributed by atoms with Gasteiger partial charge in [0.15, 0.2) is 5.78 Å². The van der Waals surface area contributed by atoms with Crippen LogP contribution in [0.25, 0.3) is 0 Å². The number of hydrogen-bond acceptors (Lipinski definition) is 3. The maximum atomic E-state index is 12.0. The molecule has 1 aromatic rings. The van der Waals surface area contributed by atoms with E-state index < -0.39 is 5.41 Å². The van der Waals surface area contributed by atoms with Crippen molar-refractivity contribution in [3.63, 3.8) is 0 Å². The number of ketones is 1. The van der Waals surface area contributed by atoms with Crippen LogP contribution in [0.2, 0.25) is 0 Å². The zero-order chi connectivity index (χ0) is 13.2. The molecular weight excluding hydrogens is 228 g/mol. The van der Waals surface area contributed by atoms with Gasteiger partial charge in [0.05, 0.1) is 6.07 Å². The number of nitriles is 1. The monoisotopic (exact) mass is 242 g/mol. The maximum absolute atomic E-state index is 12.0. The molecule has 18 heavy (non-hydrogen) atoms. The van der Waals surface area contributed by atoms with Gasteiger partial charge in [-0.15, -0.1) is 0 Å². The maximum Gasteiger partial charge on any atom is 0.244 e. The molecule has 1 amide bonds. The summed E-state index contributed by atoms with van der Waals surface area (Å²) >= 11 is 0. The van der Waals surface area contributed by atoms with Crippen molar-refractivity contribution < 1.29 is 9.59 Å². The van der Waals surface area contributed by atoms with Crippen LogP contribution in [0.1, 0.15) is 36.5 Å². The Labute approximate surface area is 106 Å². The van der Waals surface area contributed by atoms with Crippen molar-refractivity contribution in [3.8, 4) is 6.07 Å². The molecule has 1 aliphatic carbocycles. The van der Waals surface area contributed by atoms with Crippen LogP contribution in [0.3, 0.4) is 0 Å². The Morgan fingerprint density at radius 3 is 2.61 bits per heavy atom. The van der Waals surface area contributed by atoms with Gasteiger partial charge >= 0.3 is 0 Å². The van der Waals surface area contributed by atoms with E-state index in [1.165, 1.54) is 6.92 Å². The van der Waals surface area contributed by atoms with Gasteiger partial charge in [0, 0.05) is 11.3 Å². The van der Waals surface area contributed by atoms with Crippen molar-refractivity contribution >= 4 is 17.4 Å². The highest BCUT2D eigenvalue weighted by molar-refractivity contribution is 6.00. The lowest BCUT2D eigenvalue weighted by molar-refractivity contribution is -0.126. The number of carbonyl (C=O) groups is 2. The SMILES string of the molecule is CC(=O)c1cccc(NC(=O)C2(C#N)CCC2)c1. The molecule has 0 saturated heterocycles. The van der Waals surface area contributed by atoms with E-state index in [0.29, 0.717) is 24.1 Å². The number of benzene rings is 1. The molecule has 0 spiro atoms. The molecule has 2 rings (SSSR count). The van der Waals surface area contributed by atoms with Gasteiger partial charge < -0.3 is 5.32 Å². The summed E-state index contributed by atoms with van der Waals surface area (Å²) < 4.78 is 0. The Kier molecular flexibility index (Phi) is 3.15. The first-order valence-corrected chi connectivity index (χ1v) is 5.91. The molecule has 0 heterocycles. The van der Waals surface area contributed by atoms with Crippen molar-refractivity contribution in [2.75, 3.05) is 5.32 Å². The number of nitrogens with one attached hydrogen (secondary N) is 1. The fourth-order valence-corrected chi connectivity index (χ4v) is 1.99. The van der Waals surface area contributed by atoms with Crippen molar-refractivity contribution in [3.05, 3.63) is 29.8 Å². The molecule has 4 heteroatoms. The van der Waals surface area contributed by atoms with Crippen LogP contribution in [-0.4, -0.2) is 11.7 Å². The summed E-state index contributed by atoms with van der Waals surface area (Å²) in [7, 11) is 0. The summed E-state index contributed by atoms with van der Waals surface area (Å²) in [5.74, 6) is -0.318. The second kappa shape index (κ2) is 4.61. The second-order valence-corrected chi connectivity index (χ2v) is 4.64. The van der Waals surface area contributed by atoms with Crippen molar-refractivity contribution in [1.82, 2.24) is 0 Å². The van der Waals surface area contributed by atoms with Crippen LogP contribution < -0.4 is 5.32 Å². The fourth-order valence-electron chi connectivity index (χ4n) is 1.99. The highest BCUT2D eigenvalue weighted by Crippen LogP contribution is 2.41. The number of nitrogens with zero attached hydrogens (tertiary/aromatic N) is 1. The predicted octanol–water partition coefficient (Wildman–Crippen LogP) is 2.52. The molecule has 0 radical (unpaired) electrons. The van der Waals surface area contributed by atoms with Crippen molar-refractivity contribution in [2.45, 2.75) is 26.2 Å². The third-order valence-electron chi connectivity index (χ3n) is 3.38. The third-order valence-corrected chi connectivity index (χ3v) is 3.38. The van der Waals surface area contributed by atoms with E-state index in [4.69, 9.17) is 5.26 Å². The standard InChI is InChI=1S/C14H14N2O2/c1-10(17)11-4-2-5-12(8-11)16-13(18)14(9-15)6-3-7-14/h2,4-5,8H,3,6-7H2,1H3,(H,16,18). The molecule has 1 aliphatic rings. The number of amides is 1. The van der Waals surface area contributed by atoms with Crippen molar-refractivity contribution in [2.24, 2.45) is 5.41 Å². The number of anilines is 1. The summed E-state index contributed by atoms with van der Waals surface area (Å²) in [4.78, 5) is 23.2. The lowest BCUT2D eigenvalue weighted by atomic mass is 9.69. The number of rotatable bonds is 3. The number of hydrogen-bond donors (Lipinski definition) is 1. The predicted molar refractivity (Wildman–Crippen MR) is 67.0 cm³/mol. The molecule has 1 aromatic carbocycles. The van der Waals surface area contributed by atoms with E-state index in [-0.39, 0.29) is 11.7 Å². The van der Waals surface area contributed by atoms with Crippen LogP contribution in [0.4, 0.5) is 5.69 Å². The van der Waals surface area contributed by atoms with E-state index in [2.05, 4.69) is 11.4 Å². The largest absolute Gasteiger partial charge is 0.325 e. The van der Waals surface area contributed by atoms with Gasteiger partial charge in [-0.3, -0.25) is 9.59 Å². The molecule has 0 aromatic heterocycles. The highest BCUT2D eigenvalue weighted by atomic mass is 16.2. The van der Waals surface area contributed by atoms with E-state index >= 15 is 0 Å². The molecule has 0 bridgehead atoms. The zero-order valence-corrected chi connectivity index (χ0v) is 10.2. The Morgan fingerprint density at radius 2 is 2.11 bits per heavy atom. The number of Topliss-reactive ketones (excluding diaryl/α,β-unsaturated/α-hetero) is 1. The molecule has 0 atom stereocenters. The fraction of sp³-hybridized carbons (Fsp3) is 0.357. The normalized spacial score (nSPS) is 16.2. The van der Waals surface area contributed by atoms with Gasteiger partial charge in [0.25, 0.3) is 0 Å². The van der Waals surface area contributed by atoms with Gasteiger partial charge in [-0.05, 0) is 38.3 Å². The second-order valence-electron chi connectivity index (χ2n) is 4.64. The Balaban J connectivity index is 2.15. The average molecular weight is 242 g/mol. The van der Waals surface area contributed by atoms with Gasteiger partial charge in [-0.2, -0.15) is 5.26 Å². The minimum Gasteiger partial charge on any atom is -0.325 e. The summed E-state index contributed by atoms with van der Waals surface area (Å²) in [5.41, 5.74) is 0.244. The lowest BCUT2D eigenvalue weighted by Gasteiger charge is -2.33. The minimum absolute atomic E-state index is 0.0512. The van der Waals surface area contributed by atoms with Crippen LogP contribution in [0, 0.1) is 16.7 Å². The zero-order valence-electron chi connectivity index (χ0n) is 10.2. The molecule has 1 N–H and O–H groups in total. The third kappa shape index (κ3) is 2.12. The molecule has 1 fully saturated rings. The van der Waals surface area contributed by atoms with E-state index in [9.17, 15) is 9.59 Å². The average Bonchev–Trinajstić information content (AvgIpc) is 2.28. The molecule has 0 aliphatic heterocycles. The van der Waals surface area contributed by atoms with Crippen LogP contribution >= 0.6 is 0 Å². The molecular formula is C14H14N2O2. The summed E-state index contributed by atoms with van der Waals surface area (Å²) in [5, 5.41) is 11.8. The first-order chi connectivity index (χ1) is 8.57. The Hall–Kier alpha value is -2.15. The topological polar surface area (TPSA) is 70.0 Å². The van der Waals surface area contributed by atoms with Gasteiger partial charge in [-0.1, -0.05) is 12.1 Å². The number of carbonyl (C=O) groups excluding carboxylic acids is 2. The molecule has 1 saturated carbocycles. The van der Waals surface area contributed by atoms with Crippen molar-refractivity contribution in [1.29, 1.82) is 5.26 Å². The smallest absolute Gasteiger partial charge is 0.244 e. The first-order valence-electron chi connectivity index (χ1n) is 5.91. The molecule has 4 nitrogen and oxygen atoms in total. The quantitative estimate of drug-likeness (QED) is 0.828. The first kappa shape index (κ1) is 12.3. The lowest BCUT2D eigenvalue weighted by Crippen LogP contribution is -2.40. The summed E-state index contributed by atoms with van der Waals surface area (Å²) in [6.45, 7) is 1.48. The Morgan fingerprint density at radius 1 is 1.39 bits per heavy atom. The van der Waals surface area contributed by atoms with E-state index in [0.717, 1.165) is 6.42 Å². The molecule has 92 valence electrons. The van der Waals surface area contributed by atoms with E-state index in [1.54, 1.807) is 24.3 Å². The summed E-state index contributed by atoms with van der Waals surface area (Å²) in [6, 6.07) is 8.85. The van der Waals surface area contributed by atoms with E-state index in [1.807, 2.05) is 0 Å². The molecule has 0 unspecified atom stereocenters. The minimum atomic E-state index is -0.869. The van der Waals surface area contributed by atoms with Gasteiger partial charge in [0.1, 0.15) is 5.41 Å². The van der Waals surface area contributed by atoms with Crippen LogP contribution in [0.5, 0.6) is 0 Å². The Bertz CT molecular complexity index is 539. The highest BCUT2D eigenvalue weighted by Gasteiger charge is 2.44. The van der Waals surface area contributed by atoms with Gasteiger partial charge in [0.2, 0.25) is 5.91 Å².